The smallest absolute Gasteiger partial charge is 0.295 e. The molecule has 7 atom stereocenters. The van der Waals surface area contributed by atoms with Gasteiger partial charge in [-0.25, -0.2) is 40.2 Å². The average Bonchev–Trinajstić information content (AvgIpc) is 1.60. The zero-order valence-electron chi connectivity index (χ0n) is 71.0. The quantitative estimate of drug-likeness (QED) is 0.00808. The summed E-state index contributed by atoms with van der Waals surface area (Å²) < 4.78 is 122. The molecule has 2 amide bonds. The van der Waals surface area contributed by atoms with Gasteiger partial charge < -0.3 is 64.6 Å². The van der Waals surface area contributed by atoms with Crippen molar-refractivity contribution in [3.8, 4) is 17.2 Å². The maximum Gasteiger partial charge on any atom is 0.295 e. The number of nitrogens with zero attached hydrogens (tertiary/aromatic N) is 8. The number of hydrogen-bond acceptors (Lipinski definition) is 27. The number of carbonyl (C=O) groups is 3. The molecule has 0 spiro atoms. The first kappa shape index (κ1) is 96.3. The first-order chi connectivity index (χ1) is 61.9. The number of primary amides is 1. The van der Waals surface area contributed by atoms with Crippen LogP contribution in [0.1, 0.15) is 122 Å². The Morgan fingerprint density at radius 3 is 1.42 bits per heavy atom. The van der Waals surface area contributed by atoms with Crippen molar-refractivity contribution in [3.05, 3.63) is 282 Å². The lowest BCUT2D eigenvalue weighted by Crippen LogP contribution is -2.51. The second-order valence-electron chi connectivity index (χ2n) is 30.5. The van der Waals surface area contributed by atoms with Gasteiger partial charge in [-0.15, -0.1) is 0 Å². The van der Waals surface area contributed by atoms with E-state index in [0.717, 1.165) is 25.9 Å². The van der Waals surface area contributed by atoms with Crippen LogP contribution in [0.2, 0.25) is 0 Å². The van der Waals surface area contributed by atoms with Gasteiger partial charge in [0.05, 0.1) is 82.8 Å². The van der Waals surface area contributed by atoms with Gasteiger partial charge in [-0.05, 0) is 152 Å². The normalized spacial score (nSPS) is 19.1. The van der Waals surface area contributed by atoms with Crippen molar-refractivity contribution >= 4 is 77.2 Å². The Balaban J connectivity index is 0.000000187. The Labute approximate surface area is 744 Å². The van der Waals surface area contributed by atoms with E-state index >= 15 is 0 Å². The fourth-order valence-corrected chi connectivity index (χ4v) is 19.0. The molecule has 9 aromatic carbocycles. The number of aliphatic hydroxyl groups is 4. The fraction of sp³-hybridized carbons (Fsp3) is 0.351. The zero-order valence-corrected chi connectivity index (χ0v) is 73.4. The maximum atomic E-state index is 14.5. The highest BCUT2D eigenvalue weighted by Crippen LogP contribution is 2.49. The van der Waals surface area contributed by atoms with Gasteiger partial charge in [0.1, 0.15) is 29.3 Å². The first-order valence-electron chi connectivity index (χ1n) is 42.1. The highest BCUT2D eigenvalue weighted by Gasteiger charge is 2.57. The van der Waals surface area contributed by atoms with E-state index in [-0.39, 0.29) is 107 Å². The van der Waals surface area contributed by atoms with Crippen molar-refractivity contribution in [1.29, 1.82) is 5.53 Å². The van der Waals surface area contributed by atoms with E-state index in [9.17, 15) is 49.9 Å². The van der Waals surface area contributed by atoms with Crippen molar-refractivity contribution in [2.45, 2.75) is 127 Å². The number of Topliss-reactive ketones (excluding diaryl/α,β-unsaturated/α-hetero) is 1. The minimum atomic E-state index is -3.79. The lowest BCUT2D eigenvalue weighted by Gasteiger charge is -2.31. The van der Waals surface area contributed by atoms with Crippen LogP contribution in [-0.4, -0.2) is 216 Å². The molecule has 4 heterocycles. The third kappa shape index (κ3) is 24.9. The first-order valence-corrected chi connectivity index (χ1v) is 47.1. The van der Waals surface area contributed by atoms with Crippen molar-refractivity contribution in [2.75, 3.05) is 96.3 Å². The second kappa shape index (κ2) is 46.4. The molecule has 34 heteroatoms. The van der Waals surface area contributed by atoms with Gasteiger partial charge in [0.2, 0.25) is 28.5 Å². The van der Waals surface area contributed by atoms with Crippen molar-refractivity contribution in [1.82, 2.24) is 15.1 Å². The van der Waals surface area contributed by atoms with Gasteiger partial charge in [0.25, 0.3) is 12.6 Å². The number of carbonyl (C=O) groups excluding carboxylic acids is 3. The molecule has 0 aromatic heterocycles. The molecular weight excluding hydrogens is 1700 g/mol. The van der Waals surface area contributed by atoms with Crippen molar-refractivity contribution < 1.29 is 98.0 Å². The monoisotopic (exact) mass is 1810 g/mol. The number of nitrogens with one attached hydrogen (secondary N) is 2. The summed E-state index contributed by atoms with van der Waals surface area (Å²) in [6.07, 6.45) is -1.05. The molecule has 1 unspecified atom stereocenters. The summed E-state index contributed by atoms with van der Waals surface area (Å²) in [7, 11) is -11.3. The van der Waals surface area contributed by atoms with E-state index in [1.165, 1.54) is 36.4 Å². The highest BCUT2D eigenvalue weighted by atomic mass is 32.2. The number of benzene rings is 9. The van der Waals surface area contributed by atoms with E-state index in [1.54, 1.807) is 188 Å². The van der Waals surface area contributed by atoms with Gasteiger partial charge >= 0.3 is 0 Å². The van der Waals surface area contributed by atoms with E-state index in [1.807, 2.05) is 18.2 Å². The second-order valence-corrected chi connectivity index (χ2v) is 36.8. The van der Waals surface area contributed by atoms with Gasteiger partial charge in [-0.3, -0.25) is 19.3 Å². The SMILES string of the molecule is C=[N+]=NCc1ccccc1[C@H]1OC(c2ccc(OCCCO)cc2)=N[C@@]1(CCS(=O)(=O)c1ccccc1)C(N)=O.CCCCOc1ccc(C2=N[C@](CCS(=O)(=O)c3ccccc3)(C(=O)NCC(O)CO)[C@H](c3ccccc3)O2)cc1.N=[N+]=Nc1ccccc1[C@@H]1OC(c2ccc(OCCCO)cc2)=N[C@]1(CCS(=O)(=O)c1ccccc1)C(=O)CCCN1CCOCC1. The standard InChI is InChI=1S/C34H40N5O7S.C31H36N2O7S.C29H30N4O6S/c35-38-37-30-11-5-4-10-29(30)32-34(17-25-47(42,43)28-8-2-1-3-9-28,31(41)12-6-18-39-19-23-44-24-20-39)36-33(46-32)26-13-15-27(16-14-26)45-22-7-21-40;1-2-3-19-39-26-16-14-24(15-17-26)29-33-31(30(36)32-21-25(35)22-34,28(40-29)23-10-6-4-7-11-23)18-20-41(37,38)27-12-8-5-9-13-27;1-31-32-20-22-8-5-6-11-25(22)26-29(28(30)35,16-19-40(36,37)24-9-3-2-4-10-24)33-27(39-26)21-12-14-23(15-13-21)38-18-7-17-34/h1-5,8-11,13-16,32,35,40H,6-7,12,17-25H2;4-17,25,28,34-35H,2-3,18-22H2,1H3,(H,32,36);2-6,8-15,26,34H,1,7,16-20H2,(H-,30,35)/q+1;;/p+1/t32-,34+;25?,28-,31-;26-,29-/m001/s1. The van der Waals surface area contributed by atoms with Crippen LogP contribution in [-0.2, 0) is 69.4 Å². The number of nitrogens with two attached hydrogens (primary N) is 1. The number of aliphatic hydroxyl groups excluding tert-OH is 4. The molecule has 31 nitrogen and oxygen atoms in total. The van der Waals surface area contributed by atoms with Crippen molar-refractivity contribution in [3.63, 3.8) is 0 Å². The fourth-order valence-electron chi connectivity index (χ4n) is 14.8. The number of ketones is 1. The van der Waals surface area contributed by atoms with E-state index in [2.05, 4.69) is 48.8 Å². The van der Waals surface area contributed by atoms with Gasteiger partial charge in [0.15, 0.2) is 81.0 Å². The molecular formula is C94H107N11O20S3+2. The molecule has 128 heavy (non-hydrogen) atoms. The van der Waals surface area contributed by atoms with Crippen LogP contribution < -0.4 is 30.2 Å². The number of ether oxygens (including phenoxy) is 7. The molecule has 4 aliphatic rings. The molecule has 9 aromatic rings. The van der Waals surface area contributed by atoms with E-state index in [4.69, 9.17) is 64.6 Å². The van der Waals surface area contributed by atoms with Gasteiger partial charge in [-0.1, -0.05) is 141 Å². The topological polar surface area (TPSA) is 454 Å². The predicted molar refractivity (Wildman–Crippen MR) is 479 cm³/mol. The minimum absolute atomic E-state index is 0.0218. The summed E-state index contributed by atoms with van der Waals surface area (Å²) in [5.41, 5.74) is 12.9. The van der Waals surface area contributed by atoms with Crippen LogP contribution in [0.5, 0.6) is 17.2 Å². The van der Waals surface area contributed by atoms with Crippen LogP contribution >= 0.6 is 0 Å². The summed E-state index contributed by atoms with van der Waals surface area (Å²) in [4.78, 5) is 65.6. The summed E-state index contributed by atoms with van der Waals surface area (Å²) in [6.45, 7) is 9.78. The van der Waals surface area contributed by atoms with Gasteiger partial charge in [0, 0.05) is 97.6 Å². The highest BCUT2D eigenvalue weighted by molar-refractivity contribution is 7.92. The van der Waals surface area contributed by atoms with Crippen molar-refractivity contribution in [2.24, 2.45) is 30.9 Å². The Morgan fingerprint density at radius 2 is 0.961 bits per heavy atom. The molecule has 4 aliphatic heterocycles. The lowest BCUT2D eigenvalue weighted by molar-refractivity contribution is -0.130. The van der Waals surface area contributed by atoms with E-state index in [0.29, 0.717) is 121 Å². The summed E-state index contributed by atoms with van der Waals surface area (Å²) in [5, 5.41) is 47.9. The number of amides is 2. The average molecular weight is 1810 g/mol. The Kier molecular flexibility index (Phi) is 34.9. The molecule has 0 radical (unpaired) electrons. The summed E-state index contributed by atoms with van der Waals surface area (Å²) >= 11 is 0. The molecule has 8 N–H and O–H groups in total. The summed E-state index contributed by atoms with van der Waals surface area (Å²) in [6, 6.07) is 68.4. The lowest BCUT2D eigenvalue weighted by atomic mass is 9.80. The molecule has 0 saturated carbocycles. The number of sulfone groups is 3. The third-order valence-electron chi connectivity index (χ3n) is 21.8. The molecule has 13 rings (SSSR count). The maximum absolute atomic E-state index is 14.5. The number of aliphatic imine (C=N–C) groups is 3. The van der Waals surface area contributed by atoms with Gasteiger partial charge in [-0.2, -0.15) is 0 Å². The van der Waals surface area contributed by atoms with Crippen LogP contribution in [0.4, 0.5) is 5.69 Å². The molecule has 0 aliphatic carbocycles. The third-order valence-corrected chi connectivity index (χ3v) is 27.0. The number of rotatable bonds is 43. The largest absolute Gasteiger partial charge is 0.494 e. The number of unbranched alkanes of at least 4 members (excludes halogenated alkanes) is 1. The Morgan fingerprint density at radius 1 is 0.547 bits per heavy atom. The minimum Gasteiger partial charge on any atom is -0.494 e. The predicted octanol–water partition coefficient (Wildman–Crippen LogP) is 10.8. The molecule has 1 fully saturated rings. The molecule has 1 saturated heterocycles. The zero-order chi connectivity index (χ0) is 91.0. The Hall–Kier alpha value is -12.3. The van der Waals surface area contributed by atoms with Crippen LogP contribution in [0, 0.1) is 5.53 Å². The van der Waals surface area contributed by atoms with Crippen LogP contribution in [0.15, 0.2) is 283 Å². The van der Waals surface area contributed by atoms with E-state index < -0.39 is 89.0 Å². The number of hydrogen-bond donors (Lipinski definition) is 7. The number of morpholine rings is 1. The molecule has 674 valence electrons. The van der Waals surface area contributed by atoms with Crippen LogP contribution in [0.25, 0.3) is 0 Å². The summed E-state index contributed by atoms with van der Waals surface area (Å²) in [5.74, 6) is -0.363. The Bertz CT molecular complexity index is 5740. The molecule has 0 bridgehead atoms. The van der Waals surface area contributed by atoms with Crippen LogP contribution in [0.3, 0.4) is 0 Å².